The average Bonchev–Trinajstić information content (AvgIpc) is 3.52. The maximum absolute atomic E-state index is 13.6. The van der Waals surface area contributed by atoms with Crippen molar-refractivity contribution in [3.05, 3.63) is 59.5 Å². The number of carbonyl (C=O) groups is 1. The van der Waals surface area contributed by atoms with Crippen LogP contribution in [0.15, 0.2) is 47.8 Å². The topological polar surface area (TPSA) is 99.7 Å². The first-order valence-corrected chi connectivity index (χ1v) is 13.2. The zero-order valence-electron chi connectivity index (χ0n) is 20.6. The summed E-state index contributed by atoms with van der Waals surface area (Å²) in [5, 5.41) is 9.62. The highest BCUT2D eigenvalue weighted by molar-refractivity contribution is 7.98. The van der Waals surface area contributed by atoms with Gasteiger partial charge in [-0.25, -0.2) is 9.67 Å². The number of morpholine rings is 1. The number of nitrogens with zero attached hydrogens (tertiary/aromatic N) is 7. The molecule has 11 heteroatoms. The van der Waals surface area contributed by atoms with Crippen molar-refractivity contribution in [1.82, 2.24) is 34.3 Å². The van der Waals surface area contributed by atoms with Crippen LogP contribution in [0.4, 0.5) is 0 Å². The Labute approximate surface area is 213 Å². The van der Waals surface area contributed by atoms with E-state index in [-0.39, 0.29) is 18.6 Å². The van der Waals surface area contributed by atoms with Crippen LogP contribution in [0.5, 0.6) is 5.88 Å². The van der Waals surface area contributed by atoms with Crippen LogP contribution < -0.4 is 4.74 Å². The minimum Gasteiger partial charge on any atom is -0.475 e. The van der Waals surface area contributed by atoms with E-state index in [4.69, 9.17) is 9.47 Å². The fourth-order valence-corrected chi connectivity index (χ4v) is 4.64. The van der Waals surface area contributed by atoms with Gasteiger partial charge in [-0.2, -0.15) is 14.6 Å². The van der Waals surface area contributed by atoms with Crippen molar-refractivity contribution in [3.8, 4) is 11.6 Å². The molecule has 1 aromatic carbocycles. The van der Waals surface area contributed by atoms with Gasteiger partial charge in [-0.1, -0.05) is 43.3 Å². The number of benzene rings is 1. The number of fused-ring (bicyclic) bond motifs is 1. The molecular weight excluding hydrogens is 478 g/mol. The molecule has 1 aliphatic rings. The predicted molar refractivity (Wildman–Crippen MR) is 136 cm³/mol. The highest BCUT2D eigenvalue weighted by atomic mass is 32.2. The first-order valence-electron chi connectivity index (χ1n) is 12.0. The van der Waals surface area contributed by atoms with Crippen LogP contribution in [0.2, 0.25) is 0 Å². The Hall–Kier alpha value is -3.44. The molecule has 5 rings (SSSR count). The summed E-state index contributed by atoms with van der Waals surface area (Å²) in [5.74, 6) is 1.01. The Morgan fingerprint density at radius 1 is 1.25 bits per heavy atom. The molecule has 36 heavy (non-hydrogen) atoms. The number of thioether (sulfide) groups is 1. The number of amides is 1. The largest absolute Gasteiger partial charge is 0.475 e. The van der Waals surface area contributed by atoms with E-state index in [9.17, 15) is 4.79 Å². The van der Waals surface area contributed by atoms with Gasteiger partial charge >= 0.3 is 0 Å². The summed E-state index contributed by atoms with van der Waals surface area (Å²) in [6.07, 6.45) is 5.01. The summed E-state index contributed by atoms with van der Waals surface area (Å²) in [7, 11) is 0. The molecule has 1 aliphatic heterocycles. The fourth-order valence-electron chi connectivity index (χ4n) is 4.30. The standard InChI is InChI=1S/C25H29N7O3S/c1-4-8-21-20(14-26-31(21)18-9-6-5-7-10-18)23(33)30-11-12-34-19(15-30)16-35-22-13-17(2)27-24-28-25(36-3)29-32(22)24/h5-7,9-10,13-14,19H,4,8,11-12,15-16H2,1-3H3. The molecule has 0 aliphatic carbocycles. The third-order valence-electron chi connectivity index (χ3n) is 6.00. The van der Waals surface area contributed by atoms with Gasteiger partial charge in [0, 0.05) is 18.3 Å². The van der Waals surface area contributed by atoms with Gasteiger partial charge in [0.15, 0.2) is 0 Å². The first-order chi connectivity index (χ1) is 17.6. The summed E-state index contributed by atoms with van der Waals surface area (Å²) in [6, 6.07) is 11.7. The lowest BCUT2D eigenvalue weighted by molar-refractivity contribution is -0.0410. The molecule has 1 saturated heterocycles. The average molecular weight is 508 g/mol. The Bertz CT molecular complexity index is 1350. The molecule has 1 atom stereocenters. The summed E-state index contributed by atoms with van der Waals surface area (Å²) >= 11 is 1.45. The number of rotatable bonds is 8. The molecular formula is C25H29N7O3S. The van der Waals surface area contributed by atoms with Crippen molar-refractivity contribution >= 4 is 23.4 Å². The van der Waals surface area contributed by atoms with E-state index in [1.165, 1.54) is 11.8 Å². The molecule has 0 spiro atoms. The molecule has 4 heterocycles. The van der Waals surface area contributed by atoms with Gasteiger partial charge in [0.05, 0.1) is 36.3 Å². The smallest absolute Gasteiger partial charge is 0.257 e. The van der Waals surface area contributed by atoms with E-state index in [0.29, 0.717) is 42.1 Å². The fraction of sp³-hybridized carbons (Fsp3) is 0.400. The molecule has 3 aromatic heterocycles. The normalized spacial score (nSPS) is 16.0. The molecule has 0 radical (unpaired) electrons. The lowest BCUT2D eigenvalue weighted by Gasteiger charge is -2.32. The van der Waals surface area contributed by atoms with Gasteiger partial charge in [0.25, 0.3) is 11.7 Å². The second-order valence-electron chi connectivity index (χ2n) is 8.60. The highest BCUT2D eigenvalue weighted by Crippen LogP contribution is 2.21. The van der Waals surface area contributed by atoms with Crippen LogP contribution in [0.25, 0.3) is 11.5 Å². The number of aromatic nitrogens is 6. The molecule has 1 amide bonds. The third-order valence-corrected chi connectivity index (χ3v) is 6.54. The maximum Gasteiger partial charge on any atom is 0.257 e. The zero-order valence-corrected chi connectivity index (χ0v) is 21.4. The summed E-state index contributed by atoms with van der Waals surface area (Å²) < 4.78 is 15.5. The molecule has 4 aromatic rings. The van der Waals surface area contributed by atoms with Crippen LogP contribution in [0.3, 0.4) is 0 Å². The quantitative estimate of drug-likeness (QED) is 0.335. The van der Waals surface area contributed by atoms with Crippen LogP contribution in [0.1, 0.15) is 35.1 Å². The first kappa shape index (κ1) is 24.3. The van der Waals surface area contributed by atoms with Gasteiger partial charge < -0.3 is 14.4 Å². The van der Waals surface area contributed by atoms with Gasteiger partial charge in [-0.3, -0.25) is 4.79 Å². The Balaban J connectivity index is 1.31. The molecule has 0 bridgehead atoms. The van der Waals surface area contributed by atoms with Crippen molar-refractivity contribution in [2.75, 3.05) is 32.6 Å². The lowest BCUT2D eigenvalue weighted by atomic mass is 10.1. The van der Waals surface area contributed by atoms with Crippen molar-refractivity contribution in [1.29, 1.82) is 0 Å². The number of para-hydroxylation sites is 1. The number of carbonyl (C=O) groups excluding carboxylic acids is 1. The summed E-state index contributed by atoms with van der Waals surface area (Å²) in [5.41, 5.74) is 3.31. The number of aryl methyl sites for hydroxylation is 1. The molecule has 0 N–H and O–H groups in total. The Kier molecular flexibility index (Phi) is 7.19. The van der Waals surface area contributed by atoms with Gasteiger partial charge in [0.2, 0.25) is 11.0 Å². The summed E-state index contributed by atoms with van der Waals surface area (Å²) in [6.45, 7) is 5.68. The van der Waals surface area contributed by atoms with Crippen LogP contribution >= 0.6 is 11.8 Å². The SMILES string of the molecule is CCCc1c(C(=O)N2CCOC(COc3cc(C)nc4nc(SC)nn34)C2)cnn1-c1ccccc1. The Morgan fingerprint density at radius 3 is 2.86 bits per heavy atom. The van der Waals surface area contributed by atoms with Crippen molar-refractivity contribution < 1.29 is 14.3 Å². The van der Waals surface area contributed by atoms with Gasteiger partial charge in [-0.15, -0.1) is 5.10 Å². The van der Waals surface area contributed by atoms with Crippen LogP contribution in [0, 0.1) is 6.92 Å². The van der Waals surface area contributed by atoms with E-state index in [1.54, 1.807) is 10.7 Å². The van der Waals surface area contributed by atoms with Crippen LogP contribution in [-0.2, 0) is 11.2 Å². The van der Waals surface area contributed by atoms with Gasteiger partial charge in [-0.05, 0) is 31.7 Å². The number of hydrogen-bond donors (Lipinski definition) is 0. The molecule has 1 fully saturated rings. The van der Waals surface area contributed by atoms with E-state index in [2.05, 4.69) is 27.1 Å². The highest BCUT2D eigenvalue weighted by Gasteiger charge is 2.29. The molecule has 1 unspecified atom stereocenters. The van der Waals surface area contributed by atoms with Crippen LogP contribution in [-0.4, -0.2) is 78.8 Å². The molecule has 10 nitrogen and oxygen atoms in total. The van der Waals surface area contributed by atoms with E-state index >= 15 is 0 Å². The lowest BCUT2D eigenvalue weighted by Crippen LogP contribution is -2.47. The second kappa shape index (κ2) is 10.7. The van der Waals surface area contributed by atoms with E-state index < -0.39 is 0 Å². The van der Waals surface area contributed by atoms with Gasteiger partial charge in [0.1, 0.15) is 12.7 Å². The molecule has 188 valence electrons. The zero-order chi connectivity index (χ0) is 25.1. The minimum atomic E-state index is -0.270. The number of hydrogen-bond acceptors (Lipinski definition) is 8. The minimum absolute atomic E-state index is 0.0306. The summed E-state index contributed by atoms with van der Waals surface area (Å²) in [4.78, 5) is 24.2. The second-order valence-corrected chi connectivity index (χ2v) is 9.38. The van der Waals surface area contributed by atoms with Crippen molar-refractivity contribution in [2.24, 2.45) is 0 Å². The predicted octanol–water partition coefficient (Wildman–Crippen LogP) is 3.21. The third kappa shape index (κ3) is 4.93. The monoisotopic (exact) mass is 507 g/mol. The molecule has 0 saturated carbocycles. The maximum atomic E-state index is 13.6. The Morgan fingerprint density at radius 2 is 2.08 bits per heavy atom. The van der Waals surface area contributed by atoms with Crippen molar-refractivity contribution in [3.63, 3.8) is 0 Å². The number of ether oxygens (including phenoxy) is 2. The van der Waals surface area contributed by atoms with E-state index in [1.807, 2.05) is 59.2 Å². The van der Waals surface area contributed by atoms with Crippen molar-refractivity contribution in [2.45, 2.75) is 37.9 Å². The van der Waals surface area contributed by atoms with E-state index in [0.717, 1.165) is 29.9 Å².